The van der Waals surface area contributed by atoms with Crippen molar-refractivity contribution in [2.24, 2.45) is 23.7 Å². The van der Waals surface area contributed by atoms with Crippen LogP contribution in [0, 0.1) is 23.7 Å². The molecule has 2 saturated carbocycles. The second-order valence-corrected chi connectivity index (χ2v) is 16.8. The molecule has 8 rings (SSSR count). The molecule has 56 heavy (non-hydrogen) atoms. The van der Waals surface area contributed by atoms with Crippen LogP contribution in [0.5, 0.6) is 0 Å². The van der Waals surface area contributed by atoms with Crippen molar-refractivity contribution in [3.05, 3.63) is 79.6 Å². The summed E-state index contributed by atoms with van der Waals surface area (Å²) in [5.41, 5.74) is 3.38. The molecule has 0 bridgehead atoms. The van der Waals surface area contributed by atoms with Gasteiger partial charge < -0.3 is 30.0 Å². The fraction of sp³-hybridized carbons (Fsp3) is 0.636. The number of carbonyl (C=O) groups excluding carboxylic acids is 2. The Hall–Kier alpha value is -3.84. The zero-order chi connectivity index (χ0) is 39.7. The molecule has 2 aromatic heterocycles. The van der Waals surface area contributed by atoms with Crippen molar-refractivity contribution in [3.8, 4) is 0 Å². The minimum absolute atomic E-state index is 0.0154. The van der Waals surface area contributed by atoms with Crippen LogP contribution in [-0.2, 0) is 22.7 Å². The molecule has 4 N–H and O–H groups in total. The summed E-state index contributed by atoms with van der Waals surface area (Å²) in [5.74, 6) is -0.0382. The number of aliphatic hydroxyl groups excluding tert-OH is 2. The van der Waals surface area contributed by atoms with E-state index in [0.29, 0.717) is 24.2 Å². The van der Waals surface area contributed by atoms with Crippen LogP contribution in [-0.4, -0.2) is 91.4 Å². The van der Waals surface area contributed by atoms with E-state index >= 15 is 0 Å². The van der Waals surface area contributed by atoms with Crippen LogP contribution < -0.4 is 21.8 Å². The van der Waals surface area contributed by atoms with Gasteiger partial charge in [-0.25, -0.2) is 0 Å². The van der Waals surface area contributed by atoms with E-state index in [1.54, 1.807) is 0 Å². The van der Waals surface area contributed by atoms with Crippen LogP contribution in [0.25, 0.3) is 12.2 Å². The van der Waals surface area contributed by atoms with E-state index in [1.165, 1.54) is 12.8 Å². The number of fused-ring (bicyclic) bond motifs is 6. The lowest BCUT2D eigenvalue weighted by atomic mass is 9.87. The Morgan fingerprint density at radius 2 is 1.07 bits per heavy atom. The standard InChI is InChI=1S/2C22H31N3O3/c2*1-3-6-14-9-10-18-19-16(12-25(18)22(14)28)17(13-26)20(24(19)11-4-2)21(27)23-15-7-5-8-15/h2*3,6,9-10,15-17,19-20,26H,4-5,7-8,11-13H2,1-2H3,(H,23,27)/b6-3+;6-3-/t2*16-,17-,19+,20-/m00/s1. The second-order valence-electron chi connectivity index (χ2n) is 16.8. The maximum atomic E-state index is 13.1. The highest BCUT2D eigenvalue weighted by Crippen LogP contribution is 2.50. The monoisotopic (exact) mass is 770 g/mol. The SMILES string of the molecule is C/C=C/c1ccc2n(c1=O)C[C@H]1[C@H](CO)[C@@H](C(=O)NC3CCC3)N(CCC)[C@@H]21.C/C=C\c1ccc2n(c1=O)C[C@H]1[C@H](CO)[C@@H](C(=O)NC3CCC3)N(CCC)[C@@H]21. The number of amides is 2. The fourth-order valence-corrected chi connectivity index (χ4v) is 10.6. The van der Waals surface area contributed by atoms with E-state index in [2.05, 4.69) is 34.3 Å². The van der Waals surface area contributed by atoms with Crippen molar-refractivity contribution in [1.29, 1.82) is 0 Å². The Bertz CT molecular complexity index is 1790. The Morgan fingerprint density at radius 3 is 1.38 bits per heavy atom. The minimum atomic E-state index is -0.320. The maximum absolute atomic E-state index is 13.1. The minimum Gasteiger partial charge on any atom is -0.396 e. The molecule has 0 radical (unpaired) electrons. The van der Waals surface area contributed by atoms with Crippen LogP contribution >= 0.6 is 0 Å². The number of rotatable bonds is 12. The predicted molar refractivity (Wildman–Crippen MR) is 218 cm³/mol. The molecule has 2 saturated heterocycles. The Balaban J connectivity index is 0.000000172. The molecule has 12 heteroatoms. The average Bonchev–Trinajstić information content (AvgIpc) is 3.89. The van der Waals surface area contributed by atoms with Gasteiger partial charge in [-0.1, -0.05) is 38.2 Å². The van der Waals surface area contributed by atoms with Crippen LogP contribution in [0.3, 0.4) is 0 Å². The van der Waals surface area contributed by atoms with Gasteiger partial charge in [-0.2, -0.15) is 0 Å². The topological polar surface area (TPSA) is 149 Å². The van der Waals surface area contributed by atoms with Gasteiger partial charge >= 0.3 is 0 Å². The lowest BCUT2D eigenvalue weighted by molar-refractivity contribution is -0.129. The van der Waals surface area contributed by atoms with Gasteiger partial charge in [0.1, 0.15) is 0 Å². The summed E-state index contributed by atoms with van der Waals surface area (Å²) in [6, 6.07) is 7.80. The fourth-order valence-electron chi connectivity index (χ4n) is 10.6. The molecule has 304 valence electrons. The molecule has 0 spiro atoms. The van der Waals surface area contributed by atoms with Crippen molar-refractivity contribution in [2.75, 3.05) is 26.3 Å². The summed E-state index contributed by atoms with van der Waals surface area (Å²) in [7, 11) is 0. The molecule has 12 nitrogen and oxygen atoms in total. The van der Waals surface area contributed by atoms with Crippen LogP contribution in [0.1, 0.15) is 114 Å². The van der Waals surface area contributed by atoms with Crippen molar-refractivity contribution in [2.45, 2.75) is 128 Å². The first-order valence-electron chi connectivity index (χ1n) is 21.3. The number of hydrogen-bond acceptors (Lipinski definition) is 8. The maximum Gasteiger partial charge on any atom is 0.258 e. The summed E-state index contributed by atoms with van der Waals surface area (Å²) in [5, 5.41) is 26.8. The van der Waals surface area contributed by atoms with Gasteiger partial charge in [0, 0.05) is 84.6 Å². The first-order valence-corrected chi connectivity index (χ1v) is 21.3. The van der Waals surface area contributed by atoms with Crippen molar-refractivity contribution in [1.82, 2.24) is 29.6 Å². The average molecular weight is 771 g/mol. The molecule has 4 fully saturated rings. The second kappa shape index (κ2) is 17.3. The lowest BCUT2D eigenvalue weighted by Crippen LogP contribution is -2.52. The molecule has 0 unspecified atom stereocenters. The van der Waals surface area contributed by atoms with Gasteiger partial charge in [-0.3, -0.25) is 29.0 Å². The summed E-state index contributed by atoms with van der Waals surface area (Å²) >= 11 is 0. The highest BCUT2D eigenvalue weighted by atomic mass is 16.3. The first-order chi connectivity index (χ1) is 27.2. The number of allylic oxidation sites excluding steroid dienone is 2. The Labute approximate surface area is 330 Å². The van der Waals surface area contributed by atoms with Crippen LogP contribution in [0.15, 0.2) is 46.0 Å². The first kappa shape index (κ1) is 40.4. The number of hydrogen-bond donors (Lipinski definition) is 4. The Kier molecular flexibility index (Phi) is 12.5. The zero-order valence-corrected chi connectivity index (χ0v) is 33.6. The molecule has 4 aliphatic heterocycles. The van der Waals surface area contributed by atoms with Gasteiger partial charge in [-0.05, 0) is 103 Å². The highest BCUT2D eigenvalue weighted by Gasteiger charge is 2.56. The van der Waals surface area contributed by atoms with E-state index < -0.39 is 0 Å². The summed E-state index contributed by atoms with van der Waals surface area (Å²) in [6.45, 7) is 10.7. The van der Waals surface area contributed by atoms with Crippen LogP contribution in [0.4, 0.5) is 0 Å². The molecular weight excluding hydrogens is 709 g/mol. The lowest BCUT2D eigenvalue weighted by Gasteiger charge is -2.34. The third-order valence-electron chi connectivity index (χ3n) is 13.5. The molecule has 0 aromatic carbocycles. The smallest absolute Gasteiger partial charge is 0.258 e. The van der Waals surface area contributed by atoms with Crippen molar-refractivity contribution >= 4 is 24.0 Å². The highest BCUT2D eigenvalue weighted by molar-refractivity contribution is 5.84. The normalized spacial score (nSPS) is 29.7. The third kappa shape index (κ3) is 7.16. The third-order valence-corrected chi connectivity index (χ3v) is 13.5. The number of nitrogens with one attached hydrogen (secondary N) is 2. The summed E-state index contributed by atoms with van der Waals surface area (Å²) in [4.78, 5) is 56.5. The quantitative estimate of drug-likeness (QED) is 0.255. The Morgan fingerprint density at radius 1 is 0.679 bits per heavy atom. The molecule has 8 atom stereocenters. The van der Waals surface area contributed by atoms with E-state index in [9.17, 15) is 29.4 Å². The zero-order valence-electron chi connectivity index (χ0n) is 33.6. The summed E-state index contributed by atoms with van der Waals surface area (Å²) in [6.07, 6.45) is 15.8. The molecule has 6 aliphatic rings. The molecule has 2 amide bonds. The molecule has 6 heterocycles. The number of nitrogens with zero attached hydrogens (tertiary/aromatic N) is 4. The molecule has 2 aliphatic carbocycles. The number of pyridine rings is 2. The summed E-state index contributed by atoms with van der Waals surface area (Å²) < 4.78 is 3.71. The van der Waals surface area contributed by atoms with Gasteiger partial charge in [0.15, 0.2) is 0 Å². The van der Waals surface area contributed by atoms with Crippen LogP contribution in [0.2, 0.25) is 0 Å². The molecular formula is C44H62N6O6. The molecule has 2 aromatic rings. The van der Waals surface area contributed by atoms with E-state index in [4.69, 9.17) is 0 Å². The van der Waals surface area contributed by atoms with E-state index in [-0.39, 0.29) is 96.1 Å². The number of carbonyl (C=O) groups is 2. The van der Waals surface area contributed by atoms with Gasteiger partial charge in [0.05, 0.1) is 24.2 Å². The van der Waals surface area contributed by atoms with Crippen molar-refractivity contribution < 1.29 is 19.8 Å². The number of aromatic nitrogens is 2. The number of likely N-dealkylation sites (tertiary alicyclic amines) is 2. The van der Waals surface area contributed by atoms with Gasteiger partial charge in [0.2, 0.25) is 11.8 Å². The number of aliphatic hydroxyl groups is 2. The largest absolute Gasteiger partial charge is 0.396 e. The van der Waals surface area contributed by atoms with E-state index in [1.807, 2.05) is 71.6 Å². The predicted octanol–water partition coefficient (Wildman–Crippen LogP) is 3.85. The van der Waals surface area contributed by atoms with Crippen molar-refractivity contribution in [3.63, 3.8) is 0 Å². The van der Waals surface area contributed by atoms with Gasteiger partial charge in [0.25, 0.3) is 11.1 Å². The van der Waals surface area contributed by atoms with E-state index in [0.717, 1.165) is 63.0 Å². The van der Waals surface area contributed by atoms with Gasteiger partial charge in [-0.15, -0.1) is 0 Å².